The zero-order valence-corrected chi connectivity index (χ0v) is 11.4. The van der Waals surface area contributed by atoms with Crippen molar-refractivity contribution in [3.63, 3.8) is 0 Å². The molecule has 3 aliphatic rings. The molecule has 2 atom stereocenters. The lowest BCUT2D eigenvalue weighted by Crippen LogP contribution is -2.47. The second-order valence-electron chi connectivity index (χ2n) is 6.62. The molecular formula is C15H26N2. The van der Waals surface area contributed by atoms with Gasteiger partial charge in [-0.3, -0.25) is 4.90 Å². The molecule has 0 N–H and O–H groups in total. The Morgan fingerprint density at radius 3 is 2.53 bits per heavy atom. The van der Waals surface area contributed by atoms with Crippen molar-refractivity contribution in [3.05, 3.63) is 12.2 Å². The third-order valence-electron chi connectivity index (χ3n) is 5.59. The van der Waals surface area contributed by atoms with Gasteiger partial charge in [0.2, 0.25) is 0 Å². The summed E-state index contributed by atoms with van der Waals surface area (Å²) in [5.74, 6) is 0.938. The molecule has 3 fully saturated rings. The smallest absolute Gasteiger partial charge is 0.0120 e. The van der Waals surface area contributed by atoms with Crippen LogP contribution in [0.15, 0.2) is 12.2 Å². The van der Waals surface area contributed by atoms with E-state index in [-0.39, 0.29) is 0 Å². The monoisotopic (exact) mass is 234 g/mol. The number of hydrogen-bond donors (Lipinski definition) is 0. The molecule has 0 aromatic carbocycles. The summed E-state index contributed by atoms with van der Waals surface area (Å²) < 4.78 is 0. The Kier molecular flexibility index (Phi) is 2.83. The van der Waals surface area contributed by atoms with Crippen LogP contribution in [0.1, 0.15) is 32.6 Å². The van der Waals surface area contributed by atoms with E-state index in [0.717, 1.165) is 12.0 Å². The fraction of sp³-hybridized carbons (Fsp3) is 0.867. The quantitative estimate of drug-likeness (QED) is 0.677. The number of hydrogen-bond acceptors (Lipinski definition) is 2. The second-order valence-corrected chi connectivity index (χ2v) is 6.62. The number of fused-ring (bicyclic) bond motifs is 1. The largest absolute Gasteiger partial charge is 0.306 e. The number of nitrogens with zero attached hydrogens (tertiary/aromatic N) is 2. The van der Waals surface area contributed by atoms with Crippen LogP contribution in [-0.2, 0) is 0 Å². The van der Waals surface area contributed by atoms with Crippen LogP contribution in [-0.4, -0.2) is 49.1 Å². The average molecular weight is 234 g/mol. The molecule has 1 saturated carbocycles. The molecule has 0 aromatic rings. The zero-order valence-electron chi connectivity index (χ0n) is 11.4. The summed E-state index contributed by atoms with van der Waals surface area (Å²) in [4.78, 5) is 5.25. The van der Waals surface area contributed by atoms with Gasteiger partial charge in [0, 0.05) is 12.6 Å². The lowest BCUT2D eigenvalue weighted by Gasteiger charge is -2.41. The molecule has 17 heavy (non-hydrogen) atoms. The number of rotatable bonds is 2. The fourth-order valence-electron chi connectivity index (χ4n) is 4.07. The normalized spacial score (nSPS) is 40.0. The first-order chi connectivity index (χ1) is 8.12. The highest BCUT2D eigenvalue weighted by Crippen LogP contribution is 2.62. The molecular weight excluding hydrogens is 208 g/mol. The van der Waals surface area contributed by atoms with E-state index in [1.165, 1.54) is 57.4 Å². The molecule has 0 spiro atoms. The molecule has 96 valence electrons. The maximum atomic E-state index is 4.21. The Morgan fingerprint density at radius 2 is 1.94 bits per heavy atom. The van der Waals surface area contributed by atoms with Crippen LogP contribution in [0.3, 0.4) is 0 Å². The van der Waals surface area contributed by atoms with Gasteiger partial charge in [-0.1, -0.05) is 12.2 Å². The molecule has 2 unspecified atom stereocenters. The van der Waals surface area contributed by atoms with Gasteiger partial charge in [0.15, 0.2) is 0 Å². The highest BCUT2D eigenvalue weighted by molar-refractivity contribution is 5.23. The van der Waals surface area contributed by atoms with Crippen LogP contribution < -0.4 is 0 Å². The van der Waals surface area contributed by atoms with E-state index in [1.54, 1.807) is 0 Å². The summed E-state index contributed by atoms with van der Waals surface area (Å²) in [5, 5.41) is 0. The van der Waals surface area contributed by atoms with Crippen molar-refractivity contribution in [2.75, 3.05) is 33.2 Å². The summed E-state index contributed by atoms with van der Waals surface area (Å²) in [7, 11) is 2.25. The lowest BCUT2D eigenvalue weighted by molar-refractivity contribution is 0.0885. The van der Waals surface area contributed by atoms with E-state index < -0.39 is 0 Å². The minimum Gasteiger partial charge on any atom is -0.306 e. The van der Waals surface area contributed by atoms with E-state index >= 15 is 0 Å². The molecule has 2 heteroatoms. The molecule has 2 nitrogen and oxygen atoms in total. The van der Waals surface area contributed by atoms with Crippen molar-refractivity contribution in [1.29, 1.82) is 0 Å². The Bertz CT molecular complexity index is 317. The highest BCUT2D eigenvalue weighted by atomic mass is 15.2. The van der Waals surface area contributed by atoms with E-state index in [2.05, 4.69) is 30.4 Å². The minimum absolute atomic E-state index is 0.571. The number of piperidine rings is 2. The van der Waals surface area contributed by atoms with Gasteiger partial charge < -0.3 is 4.90 Å². The molecule has 3 rings (SSSR count). The van der Waals surface area contributed by atoms with Crippen LogP contribution in [0.5, 0.6) is 0 Å². The van der Waals surface area contributed by atoms with Gasteiger partial charge in [0.25, 0.3) is 0 Å². The van der Waals surface area contributed by atoms with Gasteiger partial charge in [-0.25, -0.2) is 0 Å². The molecule has 2 saturated heterocycles. The van der Waals surface area contributed by atoms with Crippen molar-refractivity contribution in [3.8, 4) is 0 Å². The molecule has 0 radical (unpaired) electrons. The zero-order chi connectivity index (χ0) is 12.0. The van der Waals surface area contributed by atoms with Crippen LogP contribution in [0.4, 0.5) is 0 Å². The predicted octanol–water partition coefficient (Wildman–Crippen LogP) is 2.37. The molecule has 1 aliphatic carbocycles. The van der Waals surface area contributed by atoms with Crippen LogP contribution in [0.25, 0.3) is 0 Å². The molecule has 0 amide bonds. The van der Waals surface area contributed by atoms with Crippen molar-refractivity contribution >= 4 is 0 Å². The van der Waals surface area contributed by atoms with Crippen molar-refractivity contribution in [2.45, 2.75) is 38.6 Å². The third kappa shape index (κ3) is 1.96. The van der Waals surface area contributed by atoms with Gasteiger partial charge in [0.05, 0.1) is 0 Å². The van der Waals surface area contributed by atoms with Crippen LogP contribution in [0, 0.1) is 11.3 Å². The molecule has 0 aromatic heterocycles. The van der Waals surface area contributed by atoms with Crippen LogP contribution >= 0.6 is 0 Å². The average Bonchev–Trinajstić information content (AvgIpc) is 3.04. The van der Waals surface area contributed by atoms with Gasteiger partial charge in [-0.05, 0) is 70.6 Å². The van der Waals surface area contributed by atoms with Gasteiger partial charge in [-0.2, -0.15) is 0 Å². The first-order valence-electron chi connectivity index (χ1n) is 7.20. The Morgan fingerprint density at radius 1 is 1.24 bits per heavy atom. The summed E-state index contributed by atoms with van der Waals surface area (Å²) in [6.07, 6.45) is 5.55. The minimum atomic E-state index is 0.571. The lowest BCUT2D eigenvalue weighted by atomic mass is 9.87. The maximum Gasteiger partial charge on any atom is 0.0120 e. The van der Waals surface area contributed by atoms with E-state index in [4.69, 9.17) is 0 Å². The third-order valence-corrected chi connectivity index (χ3v) is 5.59. The fourth-order valence-corrected chi connectivity index (χ4v) is 4.07. The molecule has 2 aliphatic heterocycles. The standard InChI is InChI=1S/C15H26N2/c1-12(2)15-6-9-17(11-13(15)10-15)14-4-7-16(3)8-5-14/h13-14H,1,4-11H2,2-3H3. The summed E-state index contributed by atoms with van der Waals surface area (Å²) in [6, 6.07) is 0.870. The first-order valence-corrected chi connectivity index (χ1v) is 7.20. The maximum absolute atomic E-state index is 4.21. The Balaban J connectivity index is 1.57. The van der Waals surface area contributed by atoms with Gasteiger partial charge in [-0.15, -0.1) is 0 Å². The van der Waals surface area contributed by atoms with Gasteiger partial charge in [0.1, 0.15) is 0 Å². The van der Waals surface area contributed by atoms with E-state index in [9.17, 15) is 0 Å². The van der Waals surface area contributed by atoms with Crippen molar-refractivity contribution in [2.24, 2.45) is 11.3 Å². The number of likely N-dealkylation sites (tertiary alicyclic amines) is 2. The van der Waals surface area contributed by atoms with Gasteiger partial charge >= 0.3 is 0 Å². The van der Waals surface area contributed by atoms with Crippen molar-refractivity contribution in [1.82, 2.24) is 9.80 Å². The topological polar surface area (TPSA) is 6.48 Å². The second kappa shape index (κ2) is 4.10. The summed E-state index contributed by atoms with van der Waals surface area (Å²) in [5.41, 5.74) is 2.02. The van der Waals surface area contributed by atoms with E-state index in [0.29, 0.717) is 5.41 Å². The molecule has 0 bridgehead atoms. The Labute approximate surface area is 106 Å². The number of allylic oxidation sites excluding steroid dienone is 1. The summed E-state index contributed by atoms with van der Waals surface area (Å²) in [6.45, 7) is 11.7. The van der Waals surface area contributed by atoms with E-state index in [1.807, 2.05) is 0 Å². The van der Waals surface area contributed by atoms with Crippen LogP contribution in [0.2, 0.25) is 0 Å². The van der Waals surface area contributed by atoms with Crippen molar-refractivity contribution < 1.29 is 0 Å². The SMILES string of the molecule is C=C(C)C12CCN(C3CCN(C)CC3)CC1C2. The highest BCUT2D eigenvalue weighted by Gasteiger charge is 2.57. The first kappa shape index (κ1) is 11.7. The molecule has 2 heterocycles. The Hall–Kier alpha value is -0.340. The predicted molar refractivity (Wildman–Crippen MR) is 72.1 cm³/mol. The summed E-state index contributed by atoms with van der Waals surface area (Å²) >= 11 is 0.